The van der Waals surface area contributed by atoms with Gasteiger partial charge in [0.1, 0.15) is 9.30 Å². The molecule has 1 amide bonds. The number of aromatic nitrogens is 1. The lowest BCUT2D eigenvalue weighted by molar-refractivity contribution is 0.0581. The van der Waals surface area contributed by atoms with Gasteiger partial charge in [-0.15, -0.1) is 0 Å². The van der Waals surface area contributed by atoms with Crippen molar-refractivity contribution in [3.8, 4) is 11.3 Å². The molecule has 7 nitrogen and oxygen atoms in total. The number of hydrogen-bond donors (Lipinski definition) is 0. The van der Waals surface area contributed by atoms with Gasteiger partial charge in [-0.25, -0.2) is 9.78 Å². The third-order valence-electron chi connectivity index (χ3n) is 4.27. The number of hydrazone groups is 1. The highest BCUT2D eigenvalue weighted by molar-refractivity contribution is 14.1. The van der Waals surface area contributed by atoms with Crippen molar-refractivity contribution in [1.82, 2.24) is 9.88 Å². The van der Waals surface area contributed by atoms with Crippen LogP contribution in [0.3, 0.4) is 0 Å². The Morgan fingerprint density at radius 3 is 2.31 bits per heavy atom. The average Bonchev–Trinajstić information content (AvgIpc) is 3.14. The number of carbonyl (C=O) groups excluding carboxylic acids is 1. The van der Waals surface area contributed by atoms with Crippen molar-refractivity contribution in [2.75, 3.05) is 19.1 Å². The fraction of sp³-hybridized carbons (Fsp3) is 0.292. The minimum Gasteiger partial charge on any atom is -0.442 e. The van der Waals surface area contributed by atoms with Gasteiger partial charge in [0.25, 0.3) is 0 Å². The van der Waals surface area contributed by atoms with Gasteiger partial charge in [-0.2, -0.15) is 10.1 Å². The fourth-order valence-electron chi connectivity index (χ4n) is 2.90. The summed E-state index contributed by atoms with van der Waals surface area (Å²) in [5.41, 5.74) is 2.88. The summed E-state index contributed by atoms with van der Waals surface area (Å²) in [5.74, 6) is 0.683. The van der Waals surface area contributed by atoms with Crippen molar-refractivity contribution in [2.45, 2.75) is 32.9 Å². The van der Waals surface area contributed by atoms with Crippen LogP contribution in [0.5, 0.6) is 0 Å². The summed E-state index contributed by atoms with van der Waals surface area (Å²) < 4.78 is 11.8. The zero-order valence-corrected chi connectivity index (χ0v) is 21.0. The Hall–Kier alpha value is -2.72. The normalized spacial score (nSPS) is 11.8. The second-order valence-corrected chi connectivity index (χ2v) is 9.56. The van der Waals surface area contributed by atoms with Crippen LogP contribution in [0.25, 0.3) is 11.3 Å². The summed E-state index contributed by atoms with van der Waals surface area (Å²) in [5, 5.41) is 5.69. The van der Waals surface area contributed by atoms with Gasteiger partial charge < -0.3 is 14.1 Å². The molecule has 0 aliphatic heterocycles. The number of halogens is 1. The highest BCUT2D eigenvalue weighted by Gasteiger charge is 2.23. The summed E-state index contributed by atoms with van der Waals surface area (Å²) in [6.07, 6.45) is 2.50. The molecule has 1 heterocycles. The first-order valence-corrected chi connectivity index (χ1v) is 11.2. The van der Waals surface area contributed by atoms with E-state index in [0.717, 1.165) is 21.4 Å². The molecule has 0 N–H and O–H groups in total. The first kappa shape index (κ1) is 23.9. The Kier molecular flexibility index (Phi) is 7.68. The van der Waals surface area contributed by atoms with Crippen LogP contribution in [0.2, 0.25) is 0 Å². The maximum atomic E-state index is 12.9. The van der Waals surface area contributed by atoms with Gasteiger partial charge in [0.2, 0.25) is 0 Å². The van der Waals surface area contributed by atoms with E-state index in [1.807, 2.05) is 71.3 Å². The number of anilines is 1. The number of rotatable bonds is 6. The van der Waals surface area contributed by atoms with E-state index in [2.05, 4.69) is 37.6 Å². The predicted octanol–water partition coefficient (Wildman–Crippen LogP) is 5.78. The average molecular weight is 546 g/mol. The van der Waals surface area contributed by atoms with Gasteiger partial charge in [0, 0.05) is 12.1 Å². The van der Waals surface area contributed by atoms with E-state index in [0.29, 0.717) is 11.4 Å². The van der Waals surface area contributed by atoms with E-state index in [1.165, 1.54) is 17.0 Å². The Labute approximate surface area is 202 Å². The predicted molar refractivity (Wildman–Crippen MR) is 135 cm³/mol. The molecule has 0 bridgehead atoms. The first-order valence-electron chi connectivity index (χ1n) is 10.1. The number of nitrogens with zero attached hydrogens (tertiary/aromatic N) is 4. The van der Waals surface area contributed by atoms with Crippen molar-refractivity contribution >= 4 is 40.6 Å². The van der Waals surface area contributed by atoms with Crippen molar-refractivity contribution < 1.29 is 13.9 Å². The Bertz CT molecular complexity index is 1070. The Balaban J connectivity index is 1.86. The number of hydrogen-bond acceptors (Lipinski definition) is 6. The molecule has 0 saturated heterocycles. The van der Waals surface area contributed by atoms with E-state index in [4.69, 9.17) is 9.15 Å². The van der Waals surface area contributed by atoms with Crippen LogP contribution in [0.15, 0.2) is 64.4 Å². The number of amides is 1. The largest absolute Gasteiger partial charge is 0.442 e. The molecular weight excluding hydrogens is 519 g/mol. The third-order valence-corrected chi connectivity index (χ3v) is 5.03. The molecule has 2 aromatic carbocycles. The Morgan fingerprint density at radius 1 is 1.12 bits per heavy atom. The van der Waals surface area contributed by atoms with Crippen molar-refractivity contribution in [1.29, 1.82) is 0 Å². The van der Waals surface area contributed by atoms with Gasteiger partial charge in [-0.3, -0.25) is 0 Å². The van der Waals surface area contributed by atoms with Crippen LogP contribution in [0.4, 0.5) is 10.5 Å². The summed E-state index contributed by atoms with van der Waals surface area (Å²) in [4.78, 5) is 19.1. The fourth-order valence-corrected chi connectivity index (χ4v) is 3.45. The second-order valence-electron chi connectivity index (χ2n) is 8.54. The van der Waals surface area contributed by atoms with Gasteiger partial charge in [-0.1, -0.05) is 24.3 Å². The molecule has 0 aliphatic rings. The highest BCUT2D eigenvalue weighted by Crippen LogP contribution is 2.27. The summed E-state index contributed by atoms with van der Waals surface area (Å²) in [6, 6.07) is 15.4. The lowest BCUT2D eigenvalue weighted by Gasteiger charge is -2.24. The summed E-state index contributed by atoms with van der Waals surface area (Å²) in [7, 11) is 4.06. The minimum absolute atomic E-state index is 0.556. The number of ether oxygens (including phenoxy) is 1. The van der Waals surface area contributed by atoms with Crippen LogP contribution in [0, 0.1) is 3.70 Å². The second kappa shape index (κ2) is 10.3. The smallest absolute Gasteiger partial charge is 0.435 e. The summed E-state index contributed by atoms with van der Waals surface area (Å²) >= 11 is 2.12. The molecule has 8 heteroatoms. The molecule has 3 aromatic rings. The van der Waals surface area contributed by atoms with Crippen LogP contribution in [-0.2, 0) is 11.3 Å². The van der Waals surface area contributed by atoms with Gasteiger partial charge in [0.05, 0.1) is 11.9 Å². The maximum Gasteiger partial charge on any atom is 0.435 e. The van der Waals surface area contributed by atoms with Crippen molar-refractivity contribution in [3.63, 3.8) is 0 Å². The molecule has 0 unspecified atom stereocenters. The molecule has 0 aliphatic carbocycles. The molecule has 0 radical (unpaired) electrons. The molecule has 0 fully saturated rings. The molecule has 1 aromatic heterocycles. The molecule has 0 saturated carbocycles. The lowest BCUT2D eigenvalue weighted by Crippen LogP contribution is -2.33. The Morgan fingerprint density at radius 2 is 1.78 bits per heavy atom. The SMILES string of the molecule is CN(C)Cc1ccc(/C=N/N(C(=O)OC(C)(C)C)c2ccc(-c3ocnc3I)cc2)cc1. The quantitative estimate of drug-likeness (QED) is 0.223. The van der Waals surface area contributed by atoms with Crippen LogP contribution in [-0.4, -0.2) is 41.9 Å². The third kappa shape index (κ3) is 6.64. The van der Waals surface area contributed by atoms with E-state index in [-0.39, 0.29) is 0 Å². The van der Waals surface area contributed by atoms with Gasteiger partial charge >= 0.3 is 6.09 Å². The number of carbonyl (C=O) groups is 1. The highest BCUT2D eigenvalue weighted by atomic mass is 127. The zero-order chi connectivity index (χ0) is 23.3. The maximum absolute atomic E-state index is 12.9. The number of benzene rings is 2. The lowest BCUT2D eigenvalue weighted by atomic mass is 10.1. The van der Waals surface area contributed by atoms with Crippen molar-refractivity contribution in [3.05, 3.63) is 69.8 Å². The summed E-state index contributed by atoms with van der Waals surface area (Å²) in [6.45, 7) is 6.33. The van der Waals surface area contributed by atoms with E-state index < -0.39 is 11.7 Å². The topological polar surface area (TPSA) is 71.2 Å². The standard InChI is InChI=1S/C24H27IN4O3/c1-24(2,3)32-23(30)29(27-14-17-6-8-18(9-7-17)15-28(4)5)20-12-10-19(11-13-20)21-22(25)26-16-31-21/h6-14,16H,15H2,1-5H3/b27-14+. The first-order chi connectivity index (χ1) is 15.1. The molecule has 0 atom stereocenters. The van der Waals surface area contributed by atoms with E-state index in [1.54, 1.807) is 18.3 Å². The van der Waals surface area contributed by atoms with Gasteiger partial charge in [-0.05, 0) is 92.8 Å². The minimum atomic E-state index is -0.644. The zero-order valence-electron chi connectivity index (χ0n) is 18.9. The van der Waals surface area contributed by atoms with Crippen LogP contribution >= 0.6 is 22.6 Å². The van der Waals surface area contributed by atoms with E-state index in [9.17, 15) is 4.79 Å². The monoisotopic (exact) mass is 546 g/mol. The molecule has 3 rings (SSSR count). The number of oxazole rings is 1. The van der Waals surface area contributed by atoms with Gasteiger partial charge in [0.15, 0.2) is 12.2 Å². The van der Waals surface area contributed by atoms with Crippen molar-refractivity contribution in [2.24, 2.45) is 5.10 Å². The van der Waals surface area contributed by atoms with E-state index >= 15 is 0 Å². The van der Waals surface area contributed by atoms with Crippen LogP contribution in [0.1, 0.15) is 31.9 Å². The van der Waals surface area contributed by atoms with Crippen LogP contribution < -0.4 is 5.01 Å². The molecule has 168 valence electrons. The molecule has 0 spiro atoms. The molecule has 32 heavy (non-hydrogen) atoms. The molecular formula is C24H27IN4O3.